The Hall–Kier alpha value is -3.14. The molecule has 0 aromatic heterocycles. The molecule has 2 aromatic rings. The van der Waals surface area contributed by atoms with Gasteiger partial charge in [-0.2, -0.15) is 0 Å². The lowest BCUT2D eigenvalue weighted by molar-refractivity contribution is 0.0686. The maximum atomic E-state index is 10.4. The lowest BCUT2D eigenvalue weighted by Gasteiger charge is -1.94. The molecule has 22 heavy (non-hydrogen) atoms. The molecule has 2 aromatic carbocycles. The van der Waals surface area contributed by atoms with E-state index in [4.69, 9.17) is 10.2 Å². The van der Waals surface area contributed by atoms with Gasteiger partial charge in [0.2, 0.25) is 0 Å². The highest BCUT2D eigenvalue weighted by molar-refractivity contribution is 5.88. The van der Waals surface area contributed by atoms with Gasteiger partial charge in [0.05, 0.1) is 11.1 Å². The van der Waals surface area contributed by atoms with Crippen LogP contribution >= 0.6 is 0 Å². The number of hydrogen-bond acceptors (Lipinski definition) is 2. The summed E-state index contributed by atoms with van der Waals surface area (Å²) in [6.45, 7) is 7.10. The number of hydrogen-bond donors (Lipinski definition) is 2. The second kappa shape index (κ2) is 8.21. The summed E-state index contributed by atoms with van der Waals surface area (Å²) in [6, 6.07) is 13.2. The van der Waals surface area contributed by atoms with Gasteiger partial charge in [-0.3, -0.25) is 0 Å². The van der Waals surface area contributed by atoms with Crippen molar-refractivity contribution < 1.29 is 19.8 Å². The van der Waals surface area contributed by atoms with Crippen molar-refractivity contribution in [3.63, 3.8) is 0 Å². The molecule has 0 saturated heterocycles. The van der Waals surface area contributed by atoms with Crippen LogP contribution in [0.25, 0.3) is 12.2 Å². The molecular weight excluding hydrogens is 280 g/mol. The van der Waals surface area contributed by atoms with Crippen LogP contribution in [-0.2, 0) is 0 Å². The van der Waals surface area contributed by atoms with Gasteiger partial charge in [-0.05, 0) is 35.4 Å². The average Bonchev–Trinajstić information content (AvgIpc) is 2.55. The zero-order valence-electron chi connectivity index (χ0n) is 11.9. The van der Waals surface area contributed by atoms with E-state index in [1.807, 2.05) is 0 Å². The van der Waals surface area contributed by atoms with Crippen molar-refractivity contribution in [3.05, 3.63) is 83.9 Å². The molecule has 2 rings (SSSR count). The minimum Gasteiger partial charge on any atom is -0.478 e. The van der Waals surface area contributed by atoms with Gasteiger partial charge in [-0.25, -0.2) is 9.59 Å². The highest BCUT2D eigenvalue weighted by Crippen LogP contribution is 2.06. The van der Waals surface area contributed by atoms with Crippen LogP contribution in [-0.4, -0.2) is 22.2 Å². The Labute approximate surface area is 128 Å². The van der Waals surface area contributed by atoms with Gasteiger partial charge < -0.3 is 10.2 Å². The SMILES string of the molecule is C=Cc1ccc(C(=O)O)cc1.C=Cc1cccc(C(=O)O)c1. The van der Waals surface area contributed by atoms with Gasteiger partial charge in [0.15, 0.2) is 0 Å². The third kappa shape index (κ3) is 5.09. The van der Waals surface area contributed by atoms with E-state index in [0.29, 0.717) is 11.1 Å². The zero-order chi connectivity index (χ0) is 16.5. The molecule has 2 N–H and O–H groups in total. The van der Waals surface area contributed by atoms with Crippen molar-refractivity contribution >= 4 is 24.1 Å². The first-order valence-corrected chi connectivity index (χ1v) is 6.39. The Balaban J connectivity index is 0.000000220. The summed E-state index contributed by atoms with van der Waals surface area (Å²) in [7, 11) is 0. The maximum Gasteiger partial charge on any atom is 0.335 e. The second-order valence-electron chi connectivity index (χ2n) is 4.27. The molecule has 0 atom stereocenters. The average molecular weight is 296 g/mol. The molecule has 0 saturated carbocycles. The van der Waals surface area contributed by atoms with Crippen molar-refractivity contribution in [2.75, 3.05) is 0 Å². The minimum absolute atomic E-state index is 0.294. The van der Waals surface area contributed by atoms with Crippen LogP contribution in [0.4, 0.5) is 0 Å². The fourth-order valence-corrected chi connectivity index (χ4v) is 1.56. The lowest BCUT2D eigenvalue weighted by Crippen LogP contribution is -1.95. The quantitative estimate of drug-likeness (QED) is 0.892. The summed E-state index contributed by atoms with van der Waals surface area (Å²) in [4.78, 5) is 20.8. The first-order chi connectivity index (χ1) is 10.5. The molecule has 0 amide bonds. The largest absolute Gasteiger partial charge is 0.478 e. The van der Waals surface area contributed by atoms with Gasteiger partial charge in [-0.1, -0.05) is 49.6 Å². The van der Waals surface area contributed by atoms with E-state index in [1.54, 1.807) is 60.7 Å². The van der Waals surface area contributed by atoms with Gasteiger partial charge >= 0.3 is 11.9 Å². The molecule has 0 aliphatic rings. The Bertz CT molecular complexity index is 684. The minimum atomic E-state index is -0.909. The Kier molecular flexibility index (Phi) is 6.32. The zero-order valence-corrected chi connectivity index (χ0v) is 11.9. The van der Waals surface area contributed by atoms with Crippen LogP contribution in [0.2, 0.25) is 0 Å². The number of rotatable bonds is 4. The molecule has 4 nitrogen and oxygen atoms in total. The normalized spacial score (nSPS) is 9.09. The van der Waals surface area contributed by atoms with E-state index in [9.17, 15) is 9.59 Å². The van der Waals surface area contributed by atoms with E-state index in [-0.39, 0.29) is 0 Å². The van der Waals surface area contributed by atoms with Crippen LogP contribution in [0.3, 0.4) is 0 Å². The standard InChI is InChI=1S/2C9H8O2/c1-2-7-3-5-8(6-4-7)9(10)11;1-2-7-4-3-5-8(6-7)9(10)11/h2*2-6H,1H2,(H,10,11). The Morgan fingerprint density at radius 2 is 1.32 bits per heavy atom. The number of carboxylic acids is 2. The number of aromatic carboxylic acids is 2. The molecule has 0 spiro atoms. The number of benzene rings is 2. The number of carbonyl (C=O) groups is 2. The first kappa shape index (κ1) is 16.9. The van der Waals surface area contributed by atoms with Crippen LogP contribution in [0, 0.1) is 0 Å². The highest BCUT2D eigenvalue weighted by Gasteiger charge is 2.00. The van der Waals surface area contributed by atoms with Crippen LogP contribution in [0.15, 0.2) is 61.7 Å². The van der Waals surface area contributed by atoms with Crippen molar-refractivity contribution in [2.45, 2.75) is 0 Å². The summed E-state index contributed by atoms with van der Waals surface area (Å²) >= 11 is 0. The van der Waals surface area contributed by atoms with Gasteiger partial charge in [-0.15, -0.1) is 0 Å². The predicted molar refractivity (Wildman–Crippen MR) is 87.0 cm³/mol. The summed E-state index contributed by atoms with van der Waals surface area (Å²) in [6.07, 6.45) is 3.29. The monoisotopic (exact) mass is 296 g/mol. The van der Waals surface area contributed by atoms with Crippen molar-refractivity contribution in [1.29, 1.82) is 0 Å². The molecule has 0 unspecified atom stereocenters. The molecule has 0 aliphatic carbocycles. The van der Waals surface area contributed by atoms with E-state index in [0.717, 1.165) is 11.1 Å². The van der Waals surface area contributed by atoms with Crippen LogP contribution in [0.5, 0.6) is 0 Å². The summed E-state index contributed by atoms with van der Waals surface area (Å²) in [5, 5.41) is 17.1. The molecule has 0 aliphatic heterocycles. The Morgan fingerprint density at radius 3 is 1.77 bits per heavy atom. The van der Waals surface area contributed by atoms with Crippen molar-refractivity contribution in [3.8, 4) is 0 Å². The summed E-state index contributed by atoms with van der Waals surface area (Å²) in [5.41, 5.74) is 2.35. The van der Waals surface area contributed by atoms with Crippen LogP contribution < -0.4 is 0 Å². The molecule has 0 fully saturated rings. The highest BCUT2D eigenvalue weighted by atomic mass is 16.4. The van der Waals surface area contributed by atoms with Gasteiger partial charge in [0.25, 0.3) is 0 Å². The Morgan fingerprint density at radius 1 is 0.773 bits per heavy atom. The summed E-state index contributed by atoms with van der Waals surface area (Å²) in [5.74, 6) is -1.81. The number of carboxylic acid groups (broad SMARTS) is 2. The van der Waals surface area contributed by atoms with Gasteiger partial charge in [0.1, 0.15) is 0 Å². The van der Waals surface area contributed by atoms with E-state index < -0.39 is 11.9 Å². The van der Waals surface area contributed by atoms with E-state index in [1.165, 1.54) is 0 Å². The maximum absolute atomic E-state index is 10.4. The topological polar surface area (TPSA) is 74.6 Å². The summed E-state index contributed by atoms with van der Waals surface area (Å²) < 4.78 is 0. The second-order valence-corrected chi connectivity index (χ2v) is 4.27. The van der Waals surface area contributed by atoms with Crippen molar-refractivity contribution in [1.82, 2.24) is 0 Å². The van der Waals surface area contributed by atoms with E-state index >= 15 is 0 Å². The van der Waals surface area contributed by atoms with Gasteiger partial charge in [0, 0.05) is 0 Å². The molecule has 112 valence electrons. The fraction of sp³-hybridized carbons (Fsp3) is 0. The smallest absolute Gasteiger partial charge is 0.335 e. The molecule has 0 bridgehead atoms. The third-order valence-corrected chi connectivity index (χ3v) is 2.76. The molecule has 4 heteroatoms. The molecule has 0 heterocycles. The lowest BCUT2D eigenvalue weighted by atomic mass is 10.1. The fourth-order valence-electron chi connectivity index (χ4n) is 1.56. The van der Waals surface area contributed by atoms with Crippen molar-refractivity contribution in [2.24, 2.45) is 0 Å². The van der Waals surface area contributed by atoms with Crippen LogP contribution in [0.1, 0.15) is 31.8 Å². The van der Waals surface area contributed by atoms with E-state index in [2.05, 4.69) is 13.2 Å². The first-order valence-electron chi connectivity index (χ1n) is 6.39. The third-order valence-electron chi connectivity index (χ3n) is 2.76. The molecular formula is C18H16O4. The molecule has 0 radical (unpaired) electrons. The predicted octanol–water partition coefficient (Wildman–Crippen LogP) is 4.06.